The molecule has 7 aliphatic rings. The SMILES string of the molecule is COc1ccc(CN(CC2(O)CCC3C45C=CC6(C=C4C(=O)c4ccc(C)s4)CC(O)CCC6(C)C5CCC32C)C(=O)OC2CC(C)CCC2C(C)C)c(OC)c1. The molecule has 57 heavy (non-hydrogen) atoms. The van der Waals surface area contributed by atoms with E-state index in [2.05, 4.69) is 52.8 Å². The number of Topliss-reactive ketones (excluding diaryl/α,β-unsaturated/α-hetero) is 1. The summed E-state index contributed by atoms with van der Waals surface area (Å²) in [5.74, 6) is 2.66. The number of nitrogens with zero attached hydrogens (tertiary/aromatic N) is 1. The van der Waals surface area contributed by atoms with Crippen molar-refractivity contribution < 1.29 is 34.0 Å². The summed E-state index contributed by atoms with van der Waals surface area (Å²) in [4.78, 5) is 33.2. The number of ether oxygens (including phenoxy) is 3. The number of hydrogen-bond donors (Lipinski definition) is 2. The van der Waals surface area contributed by atoms with Crippen molar-refractivity contribution in [2.24, 2.45) is 51.2 Å². The van der Waals surface area contributed by atoms with Gasteiger partial charge in [0.1, 0.15) is 17.6 Å². The Bertz CT molecular complexity index is 1950. The van der Waals surface area contributed by atoms with Gasteiger partial charge in [0.05, 0.1) is 43.9 Å². The third-order valence-corrected chi connectivity index (χ3v) is 17.7. The maximum Gasteiger partial charge on any atom is 0.410 e. The van der Waals surface area contributed by atoms with E-state index in [4.69, 9.17) is 14.2 Å². The van der Waals surface area contributed by atoms with E-state index in [1.165, 1.54) is 0 Å². The molecule has 8 nitrogen and oxygen atoms in total. The van der Waals surface area contributed by atoms with Crippen molar-refractivity contribution in [1.82, 2.24) is 4.90 Å². The Hall–Kier alpha value is -3.14. The molecular weight excluding hydrogens is 735 g/mol. The summed E-state index contributed by atoms with van der Waals surface area (Å²) < 4.78 is 17.9. The van der Waals surface area contributed by atoms with Crippen LogP contribution in [0.2, 0.25) is 0 Å². The van der Waals surface area contributed by atoms with Crippen LogP contribution in [0.5, 0.6) is 11.5 Å². The summed E-state index contributed by atoms with van der Waals surface area (Å²) in [6.07, 6.45) is 14.2. The Morgan fingerprint density at radius 2 is 1.68 bits per heavy atom. The molecule has 7 aliphatic carbocycles. The number of aryl methyl sites for hydroxylation is 1. The minimum Gasteiger partial charge on any atom is -0.497 e. The Labute approximate surface area is 344 Å². The van der Waals surface area contributed by atoms with Gasteiger partial charge in [0.15, 0.2) is 5.78 Å². The molecule has 0 radical (unpaired) electrons. The first-order chi connectivity index (χ1) is 27.0. The van der Waals surface area contributed by atoms with Crippen molar-refractivity contribution in [3.63, 3.8) is 0 Å². The van der Waals surface area contributed by atoms with Crippen LogP contribution in [0.15, 0.2) is 54.1 Å². The Kier molecular flexibility index (Phi) is 10.4. The van der Waals surface area contributed by atoms with Gasteiger partial charge >= 0.3 is 6.09 Å². The topological polar surface area (TPSA) is 106 Å². The fraction of sp³-hybridized carbons (Fsp3) is 0.667. The number of thiophene rings is 1. The standard InChI is InChI=1S/C48H65NO7S/c1-29(2)35-13-9-30(3)23-38(35)56-43(52)49(27-32-11-12-34(54-7)24-37(32)55-8)28-47(53)20-17-41-45(47,6)19-16-40-44(5)18-15-33(50)25-46(44)21-22-48(40,41)36(26-46)42(51)39-14-10-31(4)57-39/h10-12,14,21-22,24,26,29-30,33,35,38,40-41,50,53H,9,13,15-20,23,25,27-28H2,1-8H3. The summed E-state index contributed by atoms with van der Waals surface area (Å²) in [6, 6.07) is 9.64. The van der Waals surface area contributed by atoms with Crippen molar-refractivity contribution in [3.05, 3.63) is 69.5 Å². The lowest BCUT2D eigenvalue weighted by atomic mass is 9.32. The predicted molar refractivity (Wildman–Crippen MR) is 224 cm³/mol. The van der Waals surface area contributed by atoms with E-state index in [-0.39, 0.29) is 53.6 Å². The van der Waals surface area contributed by atoms with E-state index in [1.54, 1.807) is 30.5 Å². The predicted octanol–water partition coefficient (Wildman–Crippen LogP) is 9.95. The number of methoxy groups -OCH3 is 2. The Balaban J connectivity index is 1.18. The Morgan fingerprint density at radius 1 is 0.947 bits per heavy atom. The first kappa shape index (κ1) is 40.6. The van der Waals surface area contributed by atoms with Crippen molar-refractivity contribution in [2.75, 3.05) is 20.8 Å². The van der Waals surface area contributed by atoms with Crippen LogP contribution in [0, 0.1) is 58.2 Å². The molecule has 0 saturated heterocycles. The van der Waals surface area contributed by atoms with Crippen molar-refractivity contribution in [1.29, 1.82) is 0 Å². The third kappa shape index (κ3) is 6.25. The fourth-order valence-electron chi connectivity index (χ4n) is 13.4. The van der Waals surface area contributed by atoms with Crippen molar-refractivity contribution >= 4 is 23.2 Å². The molecule has 11 unspecified atom stereocenters. The van der Waals surface area contributed by atoms with Gasteiger partial charge in [-0.15, -0.1) is 11.3 Å². The number of aliphatic hydroxyl groups excluding tert-OH is 1. The summed E-state index contributed by atoms with van der Waals surface area (Å²) in [6.45, 7) is 13.7. The normalized spacial score (nSPS) is 39.2. The van der Waals surface area contributed by atoms with E-state index in [0.717, 1.165) is 72.3 Å². The van der Waals surface area contributed by atoms with Crippen LogP contribution >= 0.6 is 11.3 Å². The quantitative estimate of drug-likeness (QED) is 0.182. The smallest absolute Gasteiger partial charge is 0.410 e. The van der Waals surface area contributed by atoms with E-state index < -0.39 is 28.6 Å². The largest absolute Gasteiger partial charge is 0.497 e. The molecule has 9 rings (SSSR count). The summed E-state index contributed by atoms with van der Waals surface area (Å²) in [5.41, 5.74) is -1.27. The second kappa shape index (κ2) is 14.5. The number of amides is 1. The van der Waals surface area contributed by atoms with Gasteiger partial charge in [-0.3, -0.25) is 4.79 Å². The molecular formula is C48H65NO7S. The highest BCUT2D eigenvalue weighted by molar-refractivity contribution is 7.14. The average Bonchev–Trinajstić information content (AvgIpc) is 3.73. The van der Waals surface area contributed by atoms with Gasteiger partial charge in [0.25, 0.3) is 0 Å². The van der Waals surface area contributed by atoms with Gasteiger partial charge < -0.3 is 29.3 Å². The number of fused-ring (bicyclic) bond motifs is 1. The van der Waals surface area contributed by atoms with Crippen LogP contribution < -0.4 is 9.47 Å². The minimum atomic E-state index is -1.25. The second-order valence-corrected chi connectivity index (χ2v) is 21.1. The minimum absolute atomic E-state index is 0.0267. The zero-order chi connectivity index (χ0) is 40.7. The van der Waals surface area contributed by atoms with E-state index in [1.807, 2.05) is 37.3 Å². The maximum atomic E-state index is 14.9. The molecule has 9 heteroatoms. The fourth-order valence-corrected chi connectivity index (χ4v) is 14.3. The van der Waals surface area contributed by atoms with E-state index in [9.17, 15) is 19.8 Å². The number of ketones is 1. The van der Waals surface area contributed by atoms with Crippen LogP contribution in [-0.4, -0.2) is 65.6 Å². The van der Waals surface area contributed by atoms with Gasteiger partial charge in [0, 0.05) is 38.3 Å². The molecule has 4 saturated carbocycles. The first-order valence-electron chi connectivity index (χ1n) is 21.6. The zero-order valence-corrected chi connectivity index (χ0v) is 36.3. The molecule has 0 aliphatic heterocycles. The zero-order valence-electron chi connectivity index (χ0n) is 35.4. The summed E-state index contributed by atoms with van der Waals surface area (Å²) in [7, 11) is 3.25. The Morgan fingerprint density at radius 3 is 2.39 bits per heavy atom. The van der Waals surface area contributed by atoms with Crippen molar-refractivity contribution in [3.8, 4) is 11.5 Å². The monoisotopic (exact) mass is 799 g/mol. The highest BCUT2D eigenvalue weighted by atomic mass is 32.1. The third-order valence-electron chi connectivity index (χ3n) is 16.7. The van der Waals surface area contributed by atoms with Gasteiger partial charge in [-0.05, 0) is 124 Å². The molecule has 11 atom stereocenters. The lowest BCUT2D eigenvalue weighted by Crippen LogP contribution is -2.67. The van der Waals surface area contributed by atoms with Crippen LogP contribution in [-0.2, 0) is 11.3 Å². The lowest BCUT2D eigenvalue weighted by molar-refractivity contribution is -0.175. The van der Waals surface area contributed by atoms with Gasteiger partial charge in [-0.2, -0.15) is 0 Å². The molecule has 2 aromatic rings. The van der Waals surface area contributed by atoms with Crippen LogP contribution in [0.4, 0.5) is 4.79 Å². The van der Waals surface area contributed by atoms with Crippen LogP contribution in [0.3, 0.4) is 0 Å². The summed E-state index contributed by atoms with van der Waals surface area (Å²) in [5, 5.41) is 24.5. The number of carbonyl (C=O) groups is 2. The van der Waals surface area contributed by atoms with Crippen molar-refractivity contribution in [2.45, 2.75) is 130 Å². The number of benzene rings is 1. The molecule has 1 amide bonds. The van der Waals surface area contributed by atoms with Crippen LogP contribution in [0.25, 0.3) is 0 Å². The molecule has 2 N–H and O–H groups in total. The number of carbonyl (C=O) groups excluding carboxylic acids is 2. The lowest BCUT2D eigenvalue weighted by Gasteiger charge is -2.71. The molecule has 4 fully saturated rings. The number of rotatable bonds is 10. The molecule has 1 aromatic heterocycles. The number of aliphatic hydroxyl groups is 2. The van der Waals surface area contributed by atoms with Gasteiger partial charge in [0.2, 0.25) is 0 Å². The second-order valence-electron chi connectivity index (χ2n) is 19.8. The number of hydrogen-bond acceptors (Lipinski definition) is 8. The van der Waals surface area contributed by atoms with E-state index >= 15 is 0 Å². The maximum absolute atomic E-state index is 14.9. The highest BCUT2D eigenvalue weighted by Crippen LogP contribution is 2.78. The molecule has 310 valence electrons. The van der Waals surface area contributed by atoms with Crippen LogP contribution in [0.1, 0.15) is 119 Å². The average molecular weight is 800 g/mol. The molecule has 1 heterocycles. The molecule has 2 bridgehead atoms. The van der Waals surface area contributed by atoms with E-state index in [0.29, 0.717) is 36.2 Å². The first-order valence-corrected chi connectivity index (χ1v) is 22.5. The molecule has 2 spiro atoms. The van der Waals surface area contributed by atoms with Gasteiger partial charge in [-0.1, -0.05) is 59.3 Å². The highest BCUT2D eigenvalue weighted by Gasteiger charge is 2.74. The number of allylic oxidation sites excluding steroid dienone is 4. The molecule has 1 aromatic carbocycles. The van der Waals surface area contributed by atoms with Gasteiger partial charge in [-0.25, -0.2) is 4.79 Å². The summed E-state index contributed by atoms with van der Waals surface area (Å²) >= 11 is 1.55.